The molecule has 108 valence electrons. The second-order valence-electron chi connectivity index (χ2n) is 4.36. The van der Waals surface area contributed by atoms with Crippen molar-refractivity contribution in [1.82, 2.24) is 5.32 Å². The Labute approximate surface area is 126 Å². The van der Waals surface area contributed by atoms with Gasteiger partial charge in [0.05, 0.1) is 0 Å². The number of carbonyl (C=O) groups is 1. The molecule has 0 fully saturated rings. The molecule has 0 aliphatic carbocycles. The van der Waals surface area contributed by atoms with Crippen LogP contribution in [0.1, 0.15) is 36.2 Å². The molecule has 3 nitrogen and oxygen atoms in total. The van der Waals surface area contributed by atoms with Crippen LogP contribution in [0.4, 0.5) is 0 Å². The summed E-state index contributed by atoms with van der Waals surface area (Å²) in [7, 11) is 0. The van der Waals surface area contributed by atoms with Crippen LogP contribution in [0, 0.1) is 0 Å². The van der Waals surface area contributed by atoms with Crippen molar-refractivity contribution < 1.29 is 4.79 Å². The van der Waals surface area contributed by atoms with E-state index in [4.69, 9.17) is 5.73 Å². The number of nitrogens with two attached hydrogens (primary N) is 1. The standard InChI is InChI=1S/C14H22N2OS.ClH/c1-3-18-10-12-4-6-13(7-5-12)14(17)16-9-8-11(2)15;/h4-7,11H,3,8-10,15H2,1-2H3,(H,16,17);1H. The van der Waals surface area contributed by atoms with E-state index in [1.54, 1.807) is 0 Å². The molecular formula is C14H23ClN2OS. The summed E-state index contributed by atoms with van der Waals surface area (Å²) in [6, 6.07) is 7.92. The summed E-state index contributed by atoms with van der Waals surface area (Å²) in [5.41, 5.74) is 7.60. The zero-order valence-electron chi connectivity index (χ0n) is 11.5. The lowest BCUT2D eigenvalue weighted by molar-refractivity contribution is 0.0953. The third-order valence-corrected chi connectivity index (χ3v) is 3.52. The van der Waals surface area contributed by atoms with Crippen LogP contribution >= 0.6 is 24.2 Å². The quantitative estimate of drug-likeness (QED) is 0.814. The number of nitrogens with one attached hydrogen (secondary N) is 1. The van der Waals surface area contributed by atoms with Gasteiger partial charge in [0.1, 0.15) is 0 Å². The van der Waals surface area contributed by atoms with E-state index < -0.39 is 0 Å². The van der Waals surface area contributed by atoms with Crippen LogP contribution in [0.3, 0.4) is 0 Å². The lowest BCUT2D eigenvalue weighted by Gasteiger charge is -2.08. The van der Waals surface area contributed by atoms with E-state index in [0.717, 1.165) is 17.9 Å². The highest BCUT2D eigenvalue weighted by atomic mass is 35.5. The minimum Gasteiger partial charge on any atom is -0.352 e. The molecule has 0 aliphatic rings. The number of hydrogen-bond donors (Lipinski definition) is 2. The van der Waals surface area contributed by atoms with Crippen LogP contribution in [0.25, 0.3) is 0 Å². The van der Waals surface area contributed by atoms with Gasteiger partial charge in [0.25, 0.3) is 5.91 Å². The van der Waals surface area contributed by atoms with Gasteiger partial charge >= 0.3 is 0 Å². The molecule has 0 radical (unpaired) electrons. The number of halogens is 1. The van der Waals surface area contributed by atoms with E-state index in [9.17, 15) is 4.79 Å². The zero-order chi connectivity index (χ0) is 13.4. The number of benzene rings is 1. The summed E-state index contributed by atoms with van der Waals surface area (Å²) in [4.78, 5) is 11.8. The predicted octanol–water partition coefficient (Wildman–Crippen LogP) is 2.83. The van der Waals surface area contributed by atoms with E-state index in [2.05, 4.69) is 12.2 Å². The lowest BCUT2D eigenvalue weighted by atomic mass is 10.1. The molecule has 5 heteroatoms. The molecule has 1 rings (SSSR count). The van der Waals surface area contributed by atoms with Crippen molar-refractivity contribution in [3.8, 4) is 0 Å². The van der Waals surface area contributed by atoms with Crippen molar-refractivity contribution in [2.45, 2.75) is 32.1 Å². The largest absolute Gasteiger partial charge is 0.352 e. The fourth-order valence-electron chi connectivity index (χ4n) is 1.49. The zero-order valence-corrected chi connectivity index (χ0v) is 13.2. The van der Waals surface area contributed by atoms with Gasteiger partial charge in [-0.25, -0.2) is 0 Å². The Kier molecular flexibility index (Phi) is 9.74. The van der Waals surface area contributed by atoms with Crippen LogP contribution in [0.15, 0.2) is 24.3 Å². The topological polar surface area (TPSA) is 55.1 Å². The van der Waals surface area contributed by atoms with E-state index in [-0.39, 0.29) is 24.4 Å². The minimum absolute atomic E-state index is 0. The Bertz CT molecular complexity index is 368. The lowest BCUT2D eigenvalue weighted by Crippen LogP contribution is -2.28. The van der Waals surface area contributed by atoms with Gasteiger partial charge in [0.15, 0.2) is 0 Å². The average Bonchev–Trinajstić information content (AvgIpc) is 2.36. The van der Waals surface area contributed by atoms with Crippen LogP contribution in [-0.2, 0) is 5.75 Å². The second kappa shape index (κ2) is 10.1. The molecule has 3 N–H and O–H groups in total. The van der Waals surface area contributed by atoms with Crippen molar-refractivity contribution in [3.63, 3.8) is 0 Å². The Balaban J connectivity index is 0.00000324. The van der Waals surface area contributed by atoms with E-state index in [0.29, 0.717) is 12.1 Å². The first-order valence-corrected chi connectivity index (χ1v) is 7.49. The molecule has 0 saturated carbocycles. The fourth-order valence-corrected chi connectivity index (χ4v) is 2.12. The van der Waals surface area contributed by atoms with Gasteiger partial charge in [-0.15, -0.1) is 12.4 Å². The number of hydrogen-bond acceptors (Lipinski definition) is 3. The summed E-state index contributed by atoms with van der Waals surface area (Å²) >= 11 is 1.88. The molecule has 0 aromatic heterocycles. The van der Waals surface area contributed by atoms with Gasteiger partial charge in [-0.1, -0.05) is 19.1 Å². The smallest absolute Gasteiger partial charge is 0.251 e. The highest BCUT2D eigenvalue weighted by Gasteiger charge is 2.05. The van der Waals surface area contributed by atoms with Crippen molar-refractivity contribution in [1.29, 1.82) is 0 Å². The van der Waals surface area contributed by atoms with Crippen molar-refractivity contribution in [2.75, 3.05) is 12.3 Å². The van der Waals surface area contributed by atoms with Crippen molar-refractivity contribution >= 4 is 30.1 Å². The Hall–Kier alpha value is -0.710. The predicted molar refractivity (Wildman–Crippen MR) is 86.1 cm³/mol. The first-order chi connectivity index (χ1) is 8.63. The number of rotatable bonds is 7. The Morgan fingerprint density at radius 3 is 2.53 bits per heavy atom. The average molecular weight is 303 g/mol. The molecule has 1 atom stereocenters. The third kappa shape index (κ3) is 7.45. The number of carbonyl (C=O) groups excluding carboxylic acids is 1. The van der Waals surface area contributed by atoms with Gasteiger partial charge < -0.3 is 11.1 Å². The maximum atomic E-state index is 11.8. The van der Waals surface area contributed by atoms with Crippen LogP contribution in [0.5, 0.6) is 0 Å². The van der Waals surface area contributed by atoms with Crippen LogP contribution in [-0.4, -0.2) is 24.2 Å². The third-order valence-electron chi connectivity index (χ3n) is 2.57. The Morgan fingerprint density at radius 1 is 1.37 bits per heavy atom. The van der Waals surface area contributed by atoms with Crippen LogP contribution in [0.2, 0.25) is 0 Å². The molecule has 0 saturated heterocycles. The second-order valence-corrected chi connectivity index (χ2v) is 5.63. The summed E-state index contributed by atoms with van der Waals surface area (Å²) in [5.74, 6) is 2.09. The SMILES string of the molecule is CCSCc1ccc(C(=O)NCCC(C)N)cc1.Cl. The van der Waals surface area contributed by atoms with E-state index in [1.165, 1.54) is 5.56 Å². The molecular weight excluding hydrogens is 280 g/mol. The Morgan fingerprint density at radius 2 is 2.00 bits per heavy atom. The number of thioether (sulfide) groups is 1. The van der Waals surface area contributed by atoms with Crippen molar-refractivity contribution in [3.05, 3.63) is 35.4 Å². The van der Waals surface area contributed by atoms with Crippen molar-refractivity contribution in [2.24, 2.45) is 5.73 Å². The molecule has 1 aromatic rings. The van der Waals surface area contributed by atoms with Gasteiger partial charge in [-0.3, -0.25) is 4.79 Å². The van der Waals surface area contributed by atoms with Crippen LogP contribution < -0.4 is 11.1 Å². The molecule has 0 spiro atoms. The summed E-state index contributed by atoms with van der Waals surface area (Å²) in [6.45, 7) is 4.71. The summed E-state index contributed by atoms with van der Waals surface area (Å²) < 4.78 is 0. The molecule has 19 heavy (non-hydrogen) atoms. The molecule has 0 heterocycles. The molecule has 0 aliphatic heterocycles. The molecule has 1 amide bonds. The summed E-state index contributed by atoms with van der Waals surface area (Å²) in [6.07, 6.45) is 0.803. The number of amides is 1. The minimum atomic E-state index is -0.0228. The fraction of sp³-hybridized carbons (Fsp3) is 0.500. The van der Waals surface area contributed by atoms with E-state index >= 15 is 0 Å². The highest BCUT2D eigenvalue weighted by Crippen LogP contribution is 2.12. The van der Waals surface area contributed by atoms with Gasteiger partial charge in [0.2, 0.25) is 0 Å². The van der Waals surface area contributed by atoms with Gasteiger partial charge in [0, 0.05) is 23.9 Å². The first kappa shape index (κ1) is 18.3. The first-order valence-electron chi connectivity index (χ1n) is 6.34. The maximum Gasteiger partial charge on any atom is 0.251 e. The molecule has 1 aromatic carbocycles. The maximum absolute atomic E-state index is 11.8. The van der Waals surface area contributed by atoms with E-state index in [1.807, 2.05) is 43.0 Å². The molecule has 0 bridgehead atoms. The summed E-state index contributed by atoms with van der Waals surface area (Å²) in [5, 5.41) is 2.87. The monoisotopic (exact) mass is 302 g/mol. The van der Waals surface area contributed by atoms with Gasteiger partial charge in [-0.2, -0.15) is 11.8 Å². The highest BCUT2D eigenvalue weighted by molar-refractivity contribution is 7.98. The normalized spacial score (nSPS) is 11.5. The van der Waals surface area contributed by atoms with Gasteiger partial charge in [-0.05, 0) is 36.8 Å². The molecule has 1 unspecified atom stereocenters.